The van der Waals surface area contributed by atoms with Crippen LogP contribution in [0.1, 0.15) is 22.3 Å². The van der Waals surface area contributed by atoms with Crippen LogP contribution in [0.2, 0.25) is 0 Å². The molecule has 36 heavy (non-hydrogen) atoms. The molecule has 9 nitrogen and oxygen atoms in total. The fraction of sp³-hybridized carbons (Fsp3) is 0.261. The van der Waals surface area contributed by atoms with Crippen molar-refractivity contribution in [1.82, 2.24) is 14.3 Å². The van der Waals surface area contributed by atoms with Crippen molar-refractivity contribution in [2.45, 2.75) is 29.6 Å². The van der Waals surface area contributed by atoms with Gasteiger partial charge in [0.05, 0.1) is 28.2 Å². The van der Waals surface area contributed by atoms with E-state index in [-0.39, 0.29) is 35.8 Å². The van der Waals surface area contributed by atoms with Crippen LogP contribution in [0.25, 0.3) is 11.1 Å². The molecule has 0 spiro atoms. The number of carbonyl (C=O) groups is 1. The van der Waals surface area contributed by atoms with Gasteiger partial charge in [0.2, 0.25) is 15.9 Å². The fourth-order valence-corrected chi connectivity index (χ4v) is 5.30. The van der Waals surface area contributed by atoms with Gasteiger partial charge in [0, 0.05) is 37.2 Å². The zero-order valence-corrected chi connectivity index (χ0v) is 19.5. The van der Waals surface area contributed by atoms with Crippen molar-refractivity contribution in [2.24, 2.45) is 5.73 Å². The lowest BCUT2D eigenvalue weighted by Gasteiger charge is -2.35. The third kappa shape index (κ3) is 5.48. The zero-order chi connectivity index (χ0) is 26.1. The summed E-state index contributed by atoms with van der Waals surface area (Å²) in [5.74, 6) is -0.483. The number of carbonyl (C=O) groups excluding carboxylic acids is 1. The molecule has 2 aromatic heterocycles. The second-order valence-corrected chi connectivity index (χ2v) is 10.2. The van der Waals surface area contributed by atoms with Gasteiger partial charge in [-0.2, -0.15) is 17.5 Å². The highest BCUT2D eigenvalue weighted by Gasteiger charge is 2.35. The van der Waals surface area contributed by atoms with E-state index < -0.39 is 39.8 Å². The van der Waals surface area contributed by atoms with Gasteiger partial charge in [-0.3, -0.25) is 9.78 Å². The minimum atomic E-state index is -4.51. The Balaban J connectivity index is 1.42. The van der Waals surface area contributed by atoms with Crippen molar-refractivity contribution in [2.75, 3.05) is 18.4 Å². The number of aliphatic hydroxyl groups is 1. The maximum absolute atomic E-state index is 13.1. The number of sulfonamides is 1. The lowest BCUT2D eigenvalue weighted by Crippen LogP contribution is -2.51. The molecule has 0 aliphatic carbocycles. The van der Waals surface area contributed by atoms with E-state index in [1.165, 1.54) is 24.5 Å². The molecular weight excluding hydrogens is 499 g/mol. The Hall–Kier alpha value is -3.55. The number of pyridine rings is 2. The summed E-state index contributed by atoms with van der Waals surface area (Å²) >= 11 is 0. The molecule has 3 heterocycles. The summed E-state index contributed by atoms with van der Waals surface area (Å²) in [7, 11) is -3.92. The van der Waals surface area contributed by atoms with Crippen molar-refractivity contribution < 1.29 is 31.5 Å². The molecule has 13 heteroatoms. The van der Waals surface area contributed by atoms with E-state index in [9.17, 15) is 31.5 Å². The second-order valence-electron chi connectivity index (χ2n) is 8.25. The van der Waals surface area contributed by atoms with Gasteiger partial charge in [-0.1, -0.05) is 12.1 Å². The molecule has 1 aliphatic rings. The lowest BCUT2D eigenvalue weighted by molar-refractivity contribution is -0.137. The van der Waals surface area contributed by atoms with Gasteiger partial charge in [-0.25, -0.2) is 13.4 Å². The molecule has 1 fully saturated rings. The number of nitrogens with one attached hydrogen (secondary N) is 1. The summed E-state index contributed by atoms with van der Waals surface area (Å²) in [6, 6.07) is 9.01. The topological polar surface area (TPSA) is 139 Å². The van der Waals surface area contributed by atoms with Crippen LogP contribution in [0.5, 0.6) is 0 Å². The summed E-state index contributed by atoms with van der Waals surface area (Å²) in [6.07, 6.45) is -1.85. The highest BCUT2D eigenvalue weighted by Crippen LogP contribution is 2.30. The number of primary amides is 1. The van der Waals surface area contributed by atoms with E-state index >= 15 is 0 Å². The number of benzene rings is 1. The SMILES string of the molecule is NC(=O)c1cncc(-c2ccc(S(=O)(=O)N3CC[C@@H](Nc4ccc(C(F)(F)F)cn4)[C@@H](O)C3)cc2)c1. The fourth-order valence-electron chi connectivity index (χ4n) is 3.83. The molecule has 4 rings (SSSR count). The summed E-state index contributed by atoms with van der Waals surface area (Å²) in [5.41, 5.74) is 5.84. The standard InChI is InChI=1S/C23H22F3N5O4S/c24-23(25,26)17-3-6-21(29-12-17)30-19-7-8-31(13-20(19)32)36(34,35)18-4-1-14(2-5-18)15-9-16(22(27)33)11-28-10-15/h1-6,9-12,19-20,32H,7-8,13H2,(H2,27,33)(H,29,30)/t19-,20+/m1/s1. The maximum Gasteiger partial charge on any atom is 0.417 e. The van der Waals surface area contributed by atoms with Crippen molar-refractivity contribution in [3.63, 3.8) is 0 Å². The first-order chi connectivity index (χ1) is 16.9. The van der Waals surface area contributed by atoms with Crippen LogP contribution in [0.4, 0.5) is 19.0 Å². The Kier molecular flexibility index (Phi) is 6.98. The van der Waals surface area contributed by atoms with E-state index in [4.69, 9.17) is 5.73 Å². The number of hydrogen-bond donors (Lipinski definition) is 3. The van der Waals surface area contributed by atoms with Gasteiger partial charge in [-0.05, 0) is 42.3 Å². The number of aliphatic hydroxyl groups excluding tert-OH is 1. The van der Waals surface area contributed by atoms with E-state index in [2.05, 4.69) is 15.3 Å². The molecule has 1 aromatic carbocycles. The number of halogens is 3. The molecular formula is C23H22F3N5O4S. The number of nitrogens with two attached hydrogens (primary N) is 1. The van der Waals surface area contributed by atoms with Crippen molar-refractivity contribution in [1.29, 1.82) is 0 Å². The number of rotatable bonds is 6. The molecule has 0 bridgehead atoms. The van der Waals surface area contributed by atoms with Crippen molar-refractivity contribution >= 4 is 21.7 Å². The summed E-state index contributed by atoms with van der Waals surface area (Å²) in [6.45, 7) is -0.114. The summed E-state index contributed by atoms with van der Waals surface area (Å²) < 4.78 is 65.5. The normalized spacial score (nSPS) is 19.1. The zero-order valence-electron chi connectivity index (χ0n) is 18.7. The lowest BCUT2D eigenvalue weighted by atomic mass is 10.0. The van der Waals surface area contributed by atoms with Crippen LogP contribution in [0.15, 0.2) is 66.0 Å². The average molecular weight is 522 g/mol. The summed E-state index contributed by atoms with van der Waals surface area (Å²) in [5, 5.41) is 13.4. The maximum atomic E-state index is 13.1. The van der Waals surface area contributed by atoms with Crippen LogP contribution in [0.3, 0.4) is 0 Å². The van der Waals surface area contributed by atoms with Gasteiger partial charge < -0.3 is 16.2 Å². The number of anilines is 1. The molecule has 0 unspecified atom stereocenters. The first kappa shape index (κ1) is 25.5. The molecule has 0 saturated carbocycles. The van der Waals surface area contributed by atoms with Gasteiger partial charge in [0.15, 0.2) is 0 Å². The number of β-amino-alcohol motifs (C(OH)–C–C–N with tert-alkyl or cyclic N) is 1. The Labute approximate surface area is 204 Å². The molecule has 1 amide bonds. The van der Waals surface area contributed by atoms with E-state index in [0.29, 0.717) is 17.3 Å². The molecule has 0 radical (unpaired) electrons. The number of piperidine rings is 1. The van der Waals surface area contributed by atoms with Gasteiger partial charge >= 0.3 is 6.18 Å². The Morgan fingerprint density at radius 1 is 1.08 bits per heavy atom. The van der Waals surface area contributed by atoms with Gasteiger partial charge in [0.1, 0.15) is 5.82 Å². The predicted octanol–water partition coefficient (Wildman–Crippen LogP) is 2.50. The van der Waals surface area contributed by atoms with E-state index in [1.807, 2.05) is 0 Å². The third-order valence-electron chi connectivity index (χ3n) is 5.82. The van der Waals surface area contributed by atoms with Crippen LogP contribution in [-0.2, 0) is 16.2 Å². The average Bonchev–Trinajstić information content (AvgIpc) is 2.85. The Bertz CT molecular complexity index is 1350. The minimum Gasteiger partial charge on any atom is -0.390 e. The van der Waals surface area contributed by atoms with Crippen molar-refractivity contribution in [3.05, 3.63) is 72.2 Å². The van der Waals surface area contributed by atoms with Crippen molar-refractivity contribution in [3.8, 4) is 11.1 Å². The monoisotopic (exact) mass is 521 g/mol. The van der Waals surface area contributed by atoms with Crippen LogP contribution in [0, 0.1) is 0 Å². The smallest absolute Gasteiger partial charge is 0.390 e. The number of amides is 1. The highest BCUT2D eigenvalue weighted by atomic mass is 32.2. The molecule has 4 N–H and O–H groups in total. The first-order valence-electron chi connectivity index (χ1n) is 10.8. The molecule has 3 aromatic rings. The predicted molar refractivity (Wildman–Crippen MR) is 124 cm³/mol. The first-order valence-corrected chi connectivity index (χ1v) is 12.2. The van der Waals surface area contributed by atoms with Gasteiger partial charge in [-0.15, -0.1) is 0 Å². The molecule has 2 atom stereocenters. The van der Waals surface area contributed by atoms with Gasteiger partial charge in [0.25, 0.3) is 0 Å². The van der Waals surface area contributed by atoms with E-state index in [1.54, 1.807) is 18.2 Å². The van der Waals surface area contributed by atoms with E-state index in [0.717, 1.165) is 16.4 Å². The van der Waals surface area contributed by atoms with Crippen LogP contribution < -0.4 is 11.1 Å². The molecule has 190 valence electrons. The van der Waals surface area contributed by atoms with Crippen LogP contribution in [-0.4, -0.2) is 58.9 Å². The number of hydrogen-bond acceptors (Lipinski definition) is 7. The Morgan fingerprint density at radius 2 is 1.81 bits per heavy atom. The number of nitrogens with zero attached hydrogens (tertiary/aromatic N) is 3. The van der Waals surface area contributed by atoms with Crippen LogP contribution >= 0.6 is 0 Å². The highest BCUT2D eigenvalue weighted by molar-refractivity contribution is 7.89. The number of aromatic nitrogens is 2. The second kappa shape index (κ2) is 9.84. The third-order valence-corrected chi connectivity index (χ3v) is 7.70. The largest absolute Gasteiger partial charge is 0.417 e. The molecule has 1 aliphatic heterocycles. The quantitative estimate of drug-likeness (QED) is 0.453. The Morgan fingerprint density at radius 3 is 2.39 bits per heavy atom. The summed E-state index contributed by atoms with van der Waals surface area (Å²) in [4.78, 5) is 19.1. The number of alkyl halides is 3. The minimum absolute atomic E-state index is 0.0216. The molecule has 1 saturated heterocycles.